The summed E-state index contributed by atoms with van der Waals surface area (Å²) in [5.41, 5.74) is 3.16. The highest BCUT2D eigenvalue weighted by molar-refractivity contribution is 7.09. The predicted octanol–water partition coefficient (Wildman–Crippen LogP) is 2.56. The Morgan fingerprint density at radius 2 is 2.22 bits per heavy atom. The quantitative estimate of drug-likeness (QED) is 0.910. The normalized spacial score (nSPS) is 29.2. The van der Waals surface area contributed by atoms with Crippen LogP contribution in [0.15, 0.2) is 5.51 Å². The van der Waals surface area contributed by atoms with Crippen molar-refractivity contribution in [2.24, 2.45) is 0 Å². The van der Waals surface area contributed by atoms with Gasteiger partial charge in [0.1, 0.15) is 0 Å². The van der Waals surface area contributed by atoms with Crippen LogP contribution in [-0.4, -0.2) is 35.1 Å². The molecule has 0 aromatic carbocycles. The molecule has 0 amide bonds. The standard InChI is InChI=1S/C14H23N3S/c1-11-14(18-10-16-11)9-15-12-5-4-8-17-7-3-2-6-13(12)17/h10,12-13,15H,2-9H2,1H3. The Kier molecular flexibility index (Phi) is 3.97. The fourth-order valence-corrected chi connectivity index (χ4v) is 4.14. The van der Waals surface area contributed by atoms with Gasteiger partial charge in [0.05, 0.1) is 11.2 Å². The van der Waals surface area contributed by atoms with Crippen molar-refractivity contribution in [2.75, 3.05) is 13.1 Å². The van der Waals surface area contributed by atoms with Gasteiger partial charge in [-0.3, -0.25) is 4.90 Å². The average molecular weight is 265 g/mol. The molecule has 0 spiro atoms. The topological polar surface area (TPSA) is 28.2 Å². The first-order valence-electron chi connectivity index (χ1n) is 7.21. The number of thiazole rings is 1. The molecule has 2 aliphatic rings. The van der Waals surface area contributed by atoms with Crippen LogP contribution in [0.25, 0.3) is 0 Å². The highest BCUT2D eigenvalue weighted by Gasteiger charge is 2.32. The molecule has 1 aromatic heterocycles. The summed E-state index contributed by atoms with van der Waals surface area (Å²) >= 11 is 1.78. The van der Waals surface area contributed by atoms with Gasteiger partial charge in [-0.15, -0.1) is 11.3 Å². The molecule has 3 nitrogen and oxygen atoms in total. The summed E-state index contributed by atoms with van der Waals surface area (Å²) in [5.74, 6) is 0. The highest BCUT2D eigenvalue weighted by atomic mass is 32.1. The second kappa shape index (κ2) is 5.68. The Morgan fingerprint density at radius 1 is 1.33 bits per heavy atom. The number of nitrogens with one attached hydrogen (secondary N) is 1. The number of aromatic nitrogens is 1. The minimum atomic E-state index is 0.695. The van der Waals surface area contributed by atoms with Gasteiger partial charge in [-0.1, -0.05) is 6.42 Å². The maximum atomic E-state index is 4.33. The maximum absolute atomic E-state index is 4.33. The van der Waals surface area contributed by atoms with E-state index >= 15 is 0 Å². The summed E-state index contributed by atoms with van der Waals surface area (Å²) in [4.78, 5) is 8.45. The molecule has 1 aromatic rings. The van der Waals surface area contributed by atoms with Crippen LogP contribution in [-0.2, 0) is 6.54 Å². The highest BCUT2D eigenvalue weighted by Crippen LogP contribution is 2.26. The Hall–Kier alpha value is -0.450. The number of hydrogen-bond donors (Lipinski definition) is 1. The van der Waals surface area contributed by atoms with Crippen LogP contribution in [0.3, 0.4) is 0 Å². The van der Waals surface area contributed by atoms with Crippen molar-refractivity contribution in [3.05, 3.63) is 16.1 Å². The van der Waals surface area contributed by atoms with Gasteiger partial charge < -0.3 is 5.32 Å². The zero-order valence-electron chi connectivity index (χ0n) is 11.2. The van der Waals surface area contributed by atoms with Crippen LogP contribution >= 0.6 is 11.3 Å². The molecular weight excluding hydrogens is 242 g/mol. The summed E-state index contributed by atoms with van der Waals surface area (Å²) < 4.78 is 0. The zero-order chi connectivity index (χ0) is 12.4. The average Bonchev–Trinajstić information content (AvgIpc) is 2.82. The molecule has 2 aliphatic heterocycles. The zero-order valence-corrected chi connectivity index (χ0v) is 12.0. The van der Waals surface area contributed by atoms with E-state index in [4.69, 9.17) is 0 Å². The molecule has 3 rings (SSSR count). The summed E-state index contributed by atoms with van der Waals surface area (Å²) in [7, 11) is 0. The molecule has 18 heavy (non-hydrogen) atoms. The molecule has 0 aliphatic carbocycles. The second-order valence-electron chi connectivity index (χ2n) is 5.59. The number of fused-ring (bicyclic) bond motifs is 1. The summed E-state index contributed by atoms with van der Waals surface area (Å²) in [6.45, 7) is 5.76. The molecule has 3 heterocycles. The lowest BCUT2D eigenvalue weighted by atomic mass is 9.89. The van der Waals surface area contributed by atoms with Crippen LogP contribution in [0, 0.1) is 6.92 Å². The summed E-state index contributed by atoms with van der Waals surface area (Å²) in [6, 6.07) is 1.49. The van der Waals surface area contributed by atoms with E-state index in [1.54, 1.807) is 11.3 Å². The maximum Gasteiger partial charge on any atom is 0.0798 e. The van der Waals surface area contributed by atoms with Gasteiger partial charge in [-0.05, 0) is 45.7 Å². The molecule has 100 valence electrons. The minimum Gasteiger partial charge on any atom is -0.307 e. The molecule has 2 unspecified atom stereocenters. The van der Waals surface area contributed by atoms with Crippen LogP contribution in [0.1, 0.15) is 42.7 Å². The van der Waals surface area contributed by atoms with E-state index < -0.39 is 0 Å². The Morgan fingerprint density at radius 3 is 3.06 bits per heavy atom. The molecule has 0 radical (unpaired) electrons. The number of hydrogen-bond acceptors (Lipinski definition) is 4. The molecule has 2 atom stereocenters. The van der Waals surface area contributed by atoms with Gasteiger partial charge >= 0.3 is 0 Å². The molecule has 0 saturated carbocycles. The lowest BCUT2D eigenvalue weighted by Crippen LogP contribution is -2.55. The Labute approximate surface area is 114 Å². The third-order valence-corrected chi connectivity index (χ3v) is 5.39. The smallest absolute Gasteiger partial charge is 0.0798 e. The van der Waals surface area contributed by atoms with Gasteiger partial charge in [0.25, 0.3) is 0 Å². The van der Waals surface area contributed by atoms with Gasteiger partial charge in [0.2, 0.25) is 0 Å². The van der Waals surface area contributed by atoms with Crippen LogP contribution < -0.4 is 5.32 Å². The van der Waals surface area contributed by atoms with Crippen molar-refractivity contribution in [1.29, 1.82) is 0 Å². The number of aryl methyl sites for hydroxylation is 1. The van der Waals surface area contributed by atoms with E-state index in [0.29, 0.717) is 6.04 Å². The van der Waals surface area contributed by atoms with Gasteiger partial charge in [0.15, 0.2) is 0 Å². The van der Waals surface area contributed by atoms with Crippen molar-refractivity contribution in [1.82, 2.24) is 15.2 Å². The van der Waals surface area contributed by atoms with Crippen molar-refractivity contribution < 1.29 is 0 Å². The van der Waals surface area contributed by atoms with Gasteiger partial charge in [-0.2, -0.15) is 0 Å². The Balaban J connectivity index is 1.59. The first-order valence-corrected chi connectivity index (χ1v) is 8.09. The summed E-state index contributed by atoms with van der Waals surface area (Å²) in [5, 5.41) is 3.79. The van der Waals surface area contributed by atoms with Crippen LogP contribution in [0.5, 0.6) is 0 Å². The molecule has 2 fully saturated rings. The van der Waals surface area contributed by atoms with Crippen LogP contribution in [0.4, 0.5) is 0 Å². The SMILES string of the molecule is Cc1ncsc1CNC1CCCN2CCCCC12. The second-order valence-corrected chi connectivity index (χ2v) is 6.53. The van der Waals surface area contributed by atoms with Crippen LogP contribution in [0.2, 0.25) is 0 Å². The van der Waals surface area contributed by atoms with Gasteiger partial charge in [-0.25, -0.2) is 4.98 Å². The predicted molar refractivity (Wildman–Crippen MR) is 75.9 cm³/mol. The van der Waals surface area contributed by atoms with E-state index in [2.05, 4.69) is 22.1 Å². The fraction of sp³-hybridized carbons (Fsp3) is 0.786. The van der Waals surface area contributed by atoms with E-state index in [1.807, 2.05) is 5.51 Å². The molecule has 2 saturated heterocycles. The molecule has 0 bridgehead atoms. The first-order chi connectivity index (χ1) is 8.84. The first kappa shape index (κ1) is 12.6. The van der Waals surface area contributed by atoms with Crippen molar-refractivity contribution in [3.8, 4) is 0 Å². The number of piperidine rings is 2. The molecule has 1 N–H and O–H groups in total. The molecule has 4 heteroatoms. The van der Waals surface area contributed by atoms with E-state index in [9.17, 15) is 0 Å². The van der Waals surface area contributed by atoms with E-state index in [-0.39, 0.29) is 0 Å². The van der Waals surface area contributed by atoms with Gasteiger partial charge in [0, 0.05) is 23.5 Å². The largest absolute Gasteiger partial charge is 0.307 e. The summed E-state index contributed by atoms with van der Waals surface area (Å²) in [6.07, 6.45) is 6.91. The lowest BCUT2D eigenvalue weighted by molar-refractivity contribution is 0.0770. The van der Waals surface area contributed by atoms with E-state index in [1.165, 1.54) is 55.8 Å². The monoisotopic (exact) mass is 265 g/mol. The lowest BCUT2D eigenvalue weighted by Gasteiger charge is -2.44. The van der Waals surface area contributed by atoms with E-state index in [0.717, 1.165) is 12.6 Å². The van der Waals surface area contributed by atoms with Crippen molar-refractivity contribution in [2.45, 2.75) is 57.7 Å². The third kappa shape index (κ3) is 2.60. The van der Waals surface area contributed by atoms with Crippen molar-refractivity contribution >= 4 is 11.3 Å². The minimum absolute atomic E-state index is 0.695. The Bertz CT molecular complexity index is 388. The fourth-order valence-electron chi connectivity index (χ4n) is 3.41. The number of rotatable bonds is 3. The third-order valence-electron chi connectivity index (χ3n) is 4.46. The van der Waals surface area contributed by atoms with Crippen molar-refractivity contribution in [3.63, 3.8) is 0 Å². The molecular formula is C14H23N3S. The number of nitrogens with zero attached hydrogens (tertiary/aromatic N) is 2.